The van der Waals surface area contributed by atoms with E-state index in [1.807, 2.05) is 30.9 Å². The number of anilines is 1. The Balaban J connectivity index is 1.96. The number of carbonyl (C=O) groups is 2. The maximum Gasteiger partial charge on any atom is 0.315 e. The van der Waals surface area contributed by atoms with E-state index in [-0.39, 0.29) is 11.9 Å². The third-order valence-corrected chi connectivity index (χ3v) is 3.63. The fourth-order valence-electron chi connectivity index (χ4n) is 2.50. The minimum Gasteiger partial charge on any atom is -0.338 e. The van der Waals surface area contributed by atoms with Crippen molar-refractivity contribution < 1.29 is 9.59 Å². The molecule has 0 radical (unpaired) electrons. The van der Waals surface area contributed by atoms with Crippen LogP contribution in [0.15, 0.2) is 18.2 Å². The zero-order valence-corrected chi connectivity index (χ0v) is 12.7. The predicted molar refractivity (Wildman–Crippen MR) is 83.3 cm³/mol. The number of carbonyl (C=O) groups excluding carboxylic acids is 2. The van der Waals surface area contributed by atoms with Crippen LogP contribution in [-0.2, 0) is 17.8 Å². The molecule has 3 amide bonds. The summed E-state index contributed by atoms with van der Waals surface area (Å²) in [6.07, 6.45) is 2.34. The molecule has 0 saturated heterocycles. The topological polar surface area (TPSA) is 61.4 Å². The summed E-state index contributed by atoms with van der Waals surface area (Å²) in [4.78, 5) is 25.2. The monoisotopic (exact) mass is 289 g/mol. The van der Waals surface area contributed by atoms with Gasteiger partial charge in [-0.05, 0) is 30.0 Å². The summed E-state index contributed by atoms with van der Waals surface area (Å²) in [6.45, 7) is 5.85. The number of hydrogen-bond acceptors (Lipinski definition) is 2. The van der Waals surface area contributed by atoms with Gasteiger partial charge >= 0.3 is 6.03 Å². The molecular formula is C16H23N3O2. The van der Waals surface area contributed by atoms with Crippen molar-refractivity contribution in [1.29, 1.82) is 0 Å². The molecule has 5 nitrogen and oxygen atoms in total. The van der Waals surface area contributed by atoms with Crippen molar-refractivity contribution >= 4 is 17.6 Å². The fraction of sp³-hybridized carbons (Fsp3) is 0.500. The molecule has 1 aliphatic heterocycles. The summed E-state index contributed by atoms with van der Waals surface area (Å²) < 4.78 is 0. The lowest BCUT2D eigenvalue weighted by atomic mass is 10.1. The highest BCUT2D eigenvalue weighted by Gasteiger charge is 2.23. The minimum absolute atomic E-state index is 0.139. The second-order valence-electron chi connectivity index (χ2n) is 5.22. The number of rotatable bonds is 5. The van der Waals surface area contributed by atoms with E-state index >= 15 is 0 Å². The molecule has 114 valence electrons. The largest absolute Gasteiger partial charge is 0.338 e. The lowest BCUT2D eigenvalue weighted by molar-refractivity contribution is -0.118. The second kappa shape index (κ2) is 7.11. The van der Waals surface area contributed by atoms with Crippen LogP contribution in [-0.4, -0.2) is 25.0 Å². The molecule has 21 heavy (non-hydrogen) atoms. The Hall–Kier alpha value is -2.04. The maximum atomic E-state index is 11.8. The highest BCUT2D eigenvalue weighted by Crippen LogP contribution is 2.29. The molecule has 2 rings (SSSR count). The van der Waals surface area contributed by atoms with Crippen LogP contribution in [0, 0.1) is 0 Å². The number of nitrogens with zero attached hydrogens (tertiary/aromatic N) is 1. The molecule has 1 heterocycles. The Morgan fingerprint density at radius 2 is 2.05 bits per heavy atom. The summed E-state index contributed by atoms with van der Waals surface area (Å²) in [7, 11) is 0. The number of fused-ring (bicyclic) bond motifs is 1. The van der Waals surface area contributed by atoms with E-state index in [2.05, 4.69) is 16.7 Å². The maximum absolute atomic E-state index is 11.8. The average Bonchev–Trinajstić information content (AvgIpc) is 2.93. The molecule has 5 heteroatoms. The van der Waals surface area contributed by atoms with Crippen molar-refractivity contribution in [2.75, 3.05) is 18.0 Å². The van der Waals surface area contributed by atoms with Gasteiger partial charge in [-0.15, -0.1) is 0 Å². The van der Waals surface area contributed by atoms with E-state index in [0.717, 1.165) is 30.6 Å². The van der Waals surface area contributed by atoms with Gasteiger partial charge < -0.3 is 15.5 Å². The van der Waals surface area contributed by atoms with Crippen molar-refractivity contribution in [3.63, 3.8) is 0 Å². The van der Waals surface area contributed by atoms with Crippen LogP contribution < -0.4 is 15.5 Å². The van der Waals surface area contributed by atoms with Crippen molar-refractivity contribution in [1.82, 2.24) is 10.6 Å². The number of amides is 3. The van der Waals surface area contributed by atoms with E-state index in [0.29, 0.717) is 19.5 Å². The standard InChI is InChI=1S/C16H23N3O2/c1-3-8-17-16(21)18-11-12-5-6-14-13(10-12)7-9-19(14)15(20)4-2/h5-6,10H,3-4,7-9,11H2,1-2H3,(H2,17,18,21). The van der Waals surface area contributed by atoms with E-state index < -0.39 is 0 Å². The Kier molecular flexibility index (Phi) is 5.20. The first-order chi connectivity index (χ1) is 10.2. The number of nitrogens with one attached hydrogen (secondary N) is 2. The zero-order valence-electron chi connectivity index (χ0n) is 12.7. The van der Waals surface area contributed by atoms with Crippen LogP contribution >= 0.6 is 0 Å². The first-order valence-corrected chi connectivity index (χ1v) is 7.59. The van der Waals surface area contributed by atoms with Gasteiger partial charge in [0.1, 0.15) is 0 Å². The molecule has 1 aliphatic rings. The van der Waals surface area contributed by atoms with Gasteiger partial charge in [-0.2, -0.15) is 0 Å². The smallest absolute Gasteiger partial charge is 0.315 e. The molecule has 0 aromatic heterocycles. The van der Waals surface area contributed by atoms with Gasteiger partial charge in [0.15, 0.2) is 0 Å². The van der Waals surface area contributed by atoms with Crippen molar-refractivity contribution in [3.05, 3.63) is 29.3 Å². The van der Waals surface area contributed by atoms with Crippen LogP contribution in [0.5, 0.6) is 0 Å². The third kappa shape index (κ3) is 3.74. The molecule has 0 fully saturated rings. The average molecular weight is 289 g/mol. The van der Waals surface area contributed by atoms with Crippen molar-refractivity contribution in [2.24, 2.45) is 0 Å². The van der Waals surface area contributed by atoms with Crippen LogP contribution in [0.2, 0.25) is 0 Å². The third-order valence-electron chi connectivity index (χ3n) is 3.63. The van der Waals surface area contributed by atoms with Crippen LogP contribution in [0.25, 0.3) is 0 Å². The Labute approximate surface area is 125 Å². The summed E-state index contributed by atoms with van der Waals surface area (Å²) in [5.41, 5.74) is 3.26. The second-order valence-corrected chi connectivity index (χ2v) is 5.22. The summed E-state index contributed by atoms with van der Waals surface area (Å²) >= 11 is 0. The number of urea groups is 1. The molecule has 1 aromatic carbocycles. The molecular weight excluding hydrogens is 266 g/mol. The van der Waals surface area contributed by atoms with E-state index in [4.69, 9.17) is 0 Å². The molecule has 0 atom stereocenters. The first kappa shape index (κ1) is 15.4. The molecule has 0 aliphatic carbocycles. The van der Waals surface area contributed by atoms with Gasteiger partial charge in [0, 0.05) is 31.7 Å². The Bertz CT molecular complexity index is 528. The Morgan fingerprint density at radius 1 is 1.24 bits per heavy atom. The number of benzene rings is 1. The molecule has 2 N–H and O–H groups in total. The van der Waals surface area contributed by atoms with E-state index in [1.54, 1.807) is 0 Å². The molecule has 0 unspecified atom stereocenters. The SMILES string of the molecule is CCCNC(=O)NCc1ccc2c(c1)CCN2C(=O)CC. The van der Waals surface area contributed by atoms with Gasteiger partial charge in [-0.25, -0.2) is 4.79 Å². The van der Waals surface area contributed by atoms with Crippen LogP contribution in [0.3, 0.4) is 0 Å². The van der Waals surface area contributed by atoms with Crippen molar-refractivity contribution in [2.45, 2.75) is 39.7 Å². The normalized spacial score (nSPS) is 13.0. The highest BCUT2D eigenvalue weighted by molar-refractivity contribution is 5.95. The molecule has 0 saturated carbocycles. The Morgan fingerprint density at radius 3 is 2.76 bits per heavy atom. The summed E-state index contributed by atoms with van der Waals surface area (Å²) in [5, 5.41) is 5.62. The van der Waals surface area contributed by atoms with Gasteiger partial charge in [-0.1, -0.05) is 26.0 Å². The molecule has 0 bridgehead atoms. The molecule has 0 spiro atoms. The predicted octanol–water partition coefficient (Wildman–Crippen LogP) is 2.19. The van der Waals surface area contributed by atoms with E-state index in [1.165, 1.54) is 5.56 Å². The number of hydrogen-bond donors (Lipinski definition) is 2. The van der Waals surface area contributed by atoms with Crippen molar-refractivity contribution in [3.8, 4) is 0 Å². The van der Waals surface area contributed by atoms with E-state index in [9.17, 15) is 9.59 Å². The highest BCUT2D eigenvalue weighted by atomic mass is 16.2. The van der Waals surface area contributed by atoms with Crippen LogP contribution in [0.4, 0.5) is 10.5 Å². The quantitative estimate of drug-likeness (QED) is 0.873. The zero-order chi connectivity index (χ0) is 15.2. The first-order valence-electron chi connectivity index (χ1n) is 7.59. The van der Waals surface area contributed by atoms with Crippen LogP contribution in [0.1, 0.15) is 37.8 Å². The van der Waals surface area contributed by atoms with Gasteiger partial charge in [0.2, 0.25) is 5.91 Å². The molecule has 1 aromatic rings. The fourth-order valence-corrected chi connectivity index (χ4v) is 2.50. The van der Waals surface area contributed by atoms with Gasteiger partial charge in [0.05, 0.1) is 0 Å². The van der Waals surface area contributed by atoms with Gasteiger partial charge in [0.25, 0.3) is 0 Å². The minimum atomic E-state index is -0.139. The lowest BCUT2D eigenvalue weighted by Gasteiger charge is -2.16. The summed E-state index contributed by atoms with van der Waals surface area (Å²) in [5.74, 6) is 0.165. The lowest BCUT2D eigenvalue weighted by Crippen LogP contribution is -2.35. The summed E-state index contributed by atoms with van der Waals surface area (Å²) in [6, 6.07) is 5.90. The van der Waals surface area contributed by atoms with Gasteiger partial charge in [-0.3, -0.25) is 4.79 Å².